The van der Waals surface area contributed by atoms with Crippen LogP contribution >= 0.6 is 0 Å². The molecule has 2 fully saturated rings. The second kappa shape index (κ2) is 8.47. The van der Waals surface area contributed by atoms with E-state index in [4.69, 9.17) is 0 Å². The van der Waals surface area contributed by atoms with Crippen molar-refractivity contribution in [2.45, 2.75) is 63.2 Å². The highest BCUT2D eigenvalue weighted by molar-refractivity contribution is 5.86. The molecule has 2 aliphatic rings. The predicted molar refractivity (Wildman–Crippen MR) is 96.1 cm³/mol. The molecule has 1 aliphatic heterocycles. The number of pyridine rings is 1. The molecule has 1 aromatic rings. The van der Waals surface area contributed by atoms with Crippen molar-refractivity contribution >= 4 is 11.9 Å². The fraction of sp³-hybridized carbons (Fsp3) is 0.632. The molecular weight excluding hydrogens is 335 g/mol. The minimum absolute atomic E-state index is 0.141. The molecule has 6 nitrogen and oxygen atoms in total. The Labute approximate surface area is 153 Å². The van der Waals surface area contributed by atoms with Crippen molar-refractivity contribution in [2.75, 3.05) is 13.1 Å². The number of nitrogens with zero attached hydrogens (tertiary/aromatic N) is 2. The molecule has 142 valence electrons. The highest BCUT2D eigenvalue weighted by Crippen LogP contribution is 2.26. The lowest BCUT2D eigenvalue weighted by atomic mass is 9.93. The monoisotopic (exact) mass is 362 g/mol. The number of hydrogen-bond acceptors (Lipinski definition) is 3. The Morgan fingerprint density at radius 2 is 1.92 bits per heavy atom. The molecule has 3 rings (SSSR count). The van der Waals surface area contributed by atoms with Crippen molar-refractivity contribution in [3.05, 3.63) is 30.1 Å². The van der Waals surface area contributed by atoms with Crippen molar-refractivity contribution in [1.82, 2.24) is 20.5 Å². The lowest BCUT2D eigenvalue weighted by Gasteiger charge is -2.37. The minimum Gasteiger partial charge on any atom is -0.349 e. The molecule has 2 heterocycles. The van der Waals surface area contributed by atoms with Crippen LogP contribution in [0.25, 0.3) is 0 Å². The Balaban J connectivity index is 1.53. The van der Waals surface area contributed by atoms with Crippen molar-refractivity contribution in [2.24, 2.45) is 0 Å². The molecule has 3 amide bonds. The third-order valence-electron chi connectivity index (χ3n) is 5.27. The summed E-state index contributed by atoms with van der Waals surface area (Å²) in [7, 11) is 0. The Hall–Kier alpha value is -2.18. The first kappa shape index (κ1) is 18.6. The number of carbonyl (C=O) groups is 2. The van der Waals surface area contributed by atoms with Crippen LogP contribution in [0.4, 0.5) is 9.18 Å². The van der Waals surface area contributed by atoms with Crippen molar-refractivity contribution in [3.63, 3.8) is 0 Å². The first-order valence-corrected chi connectivity index (χ1v) is 9.48. The quantitative estimate of drug-likeness (QED) is 0.864. The summed E-state index contributed by atoms with van der Waals surface area (Å²) in [5.74, 6) is -0.649. The van der Waals surface area contributed by atoms with Gasteiger partial charge in [-0.25, -0.2) is 9.18 Å². The number of alkyl halides is 1. The third-order valence-corrected chi connectivity index (χ3v) is 5.27. The van der Waals surface area contributed by atoms with E-state index in [0.29, 0.717) is 13.0 Å². The van der Waals surface area contributed by atoms with E-state index in [1.807, 2.05) is 0 Å². The highest BCUT2D eigenvalue weighted by atomic mass is 19.1. The first-order chi connectivity index (χ1) is 12.6. The zero-order valence-electron chi connectivity index (χ0n) is 15.0. The normalized spacial score (nSPS) is 24.1. The van der Waals surface area contributed by atoms with E-state index in [0.717, 1.165) is 31.2 Å². The van der Waals surface area contributed by atoms with E-state index >= 15 is 4.39 Å². The average molecular weight is 362 g/mol. The fourth-order valence-corrected chi connectivity index (χ4v) is 3.72. The molecule has 1 aliphatic carbocycles. The summed E-state index contributed by atoms with van der Waals surface area (Å²) < 4.78 is 15.2. The topological polar surface area (TPSA) is 74.3 Å². The molecule has 0 aromatic carbocycles. The van der Waals surface area contributed by atoms with Gasteiger partial charge in [0.1, 0.15) is 0 Å². The molecular formula is C19H27FN4O2. The lowest BCUT2D eigenvalue weighted by Crippen LogP contribution is -2.58. The van der Waals surface area contributed by atoms with Gasteiger partial charge in [0.05, 0.1) is 6.54 Å². The molecule has 2 N–H and O–H groups in total. The van der Waals surface area contributed by atoms with Crippen LogP contribution in [0.1, 0.15) is 50.5 Å². The van der Waals surface area contributed by atoms with Crippen LogP contribution in [0.3, 0.4) is 0 Å². The second-order valence-electron chi connectivity index (χ2n) is 7.31. The largest absolute Gasteiger partial charge is 0.349 e. The first-order valence-electron chi connectivity index (χ1n) is 9.48. The second-order valence-corrected chi connectivity index (χ2v) is 7.31. The Kier molecular flexibility index (Phi) is 6.06. The molecule has 1 aromatic heterocycles. The van der Waals surface area contributed by atoms with Crippen LogP contribution in [0, 0.1) is 0 Å². The number of urea groups is 1. The van der Waals surface area contributed by atoms with Gasteiger partial charge in [-0.3, -0.25) is 9.78 Å². The average Bonchev–Trinajstić information content (AvgIpc) is 2.67. The van der Waals surface area contributed by atoms with Gasteiger partial charge in [-0.05, 0) is 43.4 Å². The van der Waals surface area contributed by atoms with E-state index in [1.165, 1.54) is 11.3 Å². The molecule has 0 radical (unpaired) electrons. The van der Waals surface area contributed by atoms with Crippen LogP contribution in [0.2, 0.25) is 0 Å². The van der Waals surface area contributed by atoms with Gasteiger partial charge in [0.2, 0.25) is 5.67 Å². The van der Waals surface area contributed by atoms with Crippen LogP contribution in [-0.4, -0.2) is 46.6 Å². The summed E-state index contributed by atoms with van der Waals surface area (Å²) in [5.41, 5.74) is -1.17. The number of likely N-dealkylation sites (tertiary alicyclic amines) is 1. The minimum atomic E-state index is -2.03. The van der Waals surface area contributed by atoms with Gasteiger partial charge in [0, 0.05) is 31.5 Å². The smallest absolute Gasteiger partial charge is 0.317 e. The molecule has 7 heteroatoms. The predicted octanol–water partition coefficient (Wildman–Crippen LogP) is 2.54. The number of halogens is 1. The standard InChI is InChI=1S/C19H27FN4O2/c20-19(17(25)22-13-15-7-10-21-11-8-15)9-4-12-24(14-19)18(26)23-16-5-2-1-3-6-16/h7-8,10-11,16H,1-6,9,12-14H2,(H,22,25)(H,23,26). The van der Waals surface area contributed by atoms with Crippen molar-refractivity contribution in [3.8, 4) is 0 Å². The SMILES string of the molecule is O=C(NC1CCCCC1)N1CCCC(F)(C(=O)NCc2ccncc2)C1. The van der Waals surface area contributed by atoms with Gasteiger partial charge in [-0.15, -0.1) is 0 Å². The number of amides is 3. The lowest BCUT2D eigenvalue weighted by molar-refractivity contribution is -0.136. The number of hydrogen-bond donors (Lipinski definition) is 2. The van der Waals surface area contributed by atoms with Gasteiger partial charge in [-0.2, -0.15) is 0 Å². The number of aromatic nitrogens is 1. The Bertz CT molecular complexity index is 621. The molecule has 1 saturated carbocycles. The van der Waals surface area contributed by atoms with Crippen molar-refractivity contribution < 1.29 is 14.0 Å². The zero-order valence-corrected chi connectivity index (χ0v) is 15.0. The highest BCUT2D eigenvalue weighted by Gasteiger charge is 2.44. The summed E-state index contributed by atoms with van der Waals surface area (Å²) >= 11 is 0. The summed E-state index contributed by atoms with van der Waals surface area (Å²) in [6, 6.07) is 3.47. The van der Waals surface area contributed by atoms with E-state index in [2.05, 4.69) is 15.6 Å². The zero-order chi connectivity index (χ0) is 18.4. The third kappa shape index (κ3) is 4.71. The molecule has 1 saturated heterocycles. The van der Waals surface area contributed by atoms with Gasteiger partial charge >= 0.3 is 6.03 Å². The maximum Gasteiger partial charge on any atom is 0.317 e. The Morgan fingerprint density at radius 1 is 1.19 bits per heavy atom. The fourth-order valence-electron chi connectivity index (χ4n) is 3.72. The maximum atomic E-state index is 15.2. The summed E-state index contributed by atoms with van der Waals surface area (Å²) in [6.07, 6.45) is 9.29. The van der Waals surface area contributed by atoms with Crippen molar-refractivity contribution in [1.29, 1.82) is 0 Å². The summed E-state index contributed by atoms with van der Waals surface area (Å²) in [4.78, 5) is 30.2. The van der Waals surface area contributed by atoms with Crippen LogP contribution in [0.15, 0.2) is 24.5 Å². The molecule has 26 heavy (non-hydrogen) atoms. The molecule has 0 bridgehead atoms. The van der Waals surface area contributed by atoms with E-state index in [9.17, 15) is 9.59 Å². The van der Waals surface area contributed by atoms with Gasteiger partial charge in [0.25, 0.3) is 5.91 Å². The van der Waals surface area contributed by atoms with E-state index in [1.54, 1.807) is 24.5 Å². The van der Waals surface area contributed by atoms with Gasteiger partial charge in [0.15, 0.2) is 0 Å². The van der Waals surface area contributed by atoms with Gasteiger partial charge < -0.3 is 15.5 Å². The number of nitrogens with one attached hydrogen (secondary N) is 2. The van der Waals surface area contributed by atoms with E-state index < -0.39 is 11.6 Å². The van der Waals surface area contributed by atoms with Gasteiger partial charge in [-0.1, -0.05) is 19.3 Å². The molecule has 1 atom stereocenters. The van der Waals surface area contributed by atoms with Crippen LogP contribution < -0.4 is 10.6 Å². The summed E-state index contributed by atoms with van der Waals surface area (Å²) in [5, 5.41) is 5.65. The van der Waals surface area contributed by atoms with E-state index in [-0.39, 0.29) is 31.6 Å². The summed E-state index contributed by atoms with van der Waals surface area (Å²) in [6.45, 7) is 0.552. The number of piperidine rings is 1. The molecule has 0 spiro atoms. The number of rotatable bonds is 4. The Morgan fingerprint density at radius 3 is 2.65 bits per heavy atom. The maximum absolute atomic E-state index is 15.2. The molecule has 1 unspecified atom stereocenters. The van der Waals surface area contributed by atoms with Crippen LogP contribution in [-0.2, 0) is 11.3 Å². The van der Waals surface area contributed by atoms with Crippen LogP contribution in [0.5, 0.6) is 0 Å². The number of carbonyl (C=O) groups excluding carboxylic acids is 2.